The molecule has 1 heterocycles. The van der Waals surface area contributed by atoms with Crippen molar-refractivity contribution in [2.75, 3.05) is 0 Å². The molecule has 0 aromatic carbocycles. The predicted octanol–water partition coefficient (Wildman–Crippen LogP) is 1.96. The fourth-order valence-electron chi connectivity index (χ4n) is 1.18. The van der Waals surface area contributed by atoms with Gasteiger partial charge in [-0.05, 0) is 6.92 Å². The van der Waals surface area contributed by atoms with Crippen LogP contribution in [0.25, 0.3) is 0 Å². The Morgan fingerprint density at radius 3 is 2.93 bits per heavy atom. The minimum atomic E-state index is 0.513. The highest BCUT2D eigenvalue weighted by Gasteiger charge is 1.99. The molecule has 1 aromatic rings. The van der Waals surface area contributed by atoms with Crippen LogP contribution >= 0.6 is 0 Å². The quantitative estimate of drug-likeness (QED) is 0.724. The number of nitrogens with zero attached hydrogens (tertiary/aromatic N) is 2. The van der Waals surface area contributed by atoms with Crippen molar-refractivity contribution < 1.29 is 0 Å². The van der Waals surface area contributed by atoms with Crippen molar-refractivity contribution in [1.29, 1.82) is 0 Å². The van der Waals surface area contributed by atoms with Gasteiger partial charge < -0.3 is 5.32 Å². The second-order valence-corrected chi connectivity index (χ2v) is 4.04. The van der Waals surface area contributed by atoms with E-state index >= 15 is 0 Å². The Bertz CT molecular complexity index is 299. The first kappa shape index (κ1) is 11.0. The Hall–Kier alpha value is -1.09. The highest BCUT2D eigenvalue weighted by atomic mass is 15.3. The standard InChI is InChI=1S/C11H19N3/c1-9(2)7-14-8-11(6-13-14)5-12-10(3)4/h6,8,10,12H,1,5,7H2,2-4H3. The fraction of sp³-hybridized carbons (Fsp3) is 0.545. The Kier molecular flexibility index (Phi) is 3.89. The lowest BCUT2D eigenvalue weighted by Crippen LogP contribution is -2.21. The summed E-state index contributed by atoms with van der Waals surface area (Å²) in [7, 11) is 0. The summed E-state index contributed by atoms with van der Waals surface area (Å²) in [5, 5.41) is 7.60. The molecule has 0 unspecified atom stereocenters. The summed E-state index contributed by atoms with van der Waals surface area (Å²) < 4.78 is 1.92. The van der Waals surface area contributed by atoms with Crippen molar-refractivity contribution in [3.05, 3.63) is 30.1 Å². The zero-order valence-corrected chi connectivity index (χ0v) is 9.25. The number of rotatable bonds is 5. The summed E-state index contributed by atoms with van der Waals surface area (Å²) in [5.41, 5.74) is 2.34. The lowest BCUT2D eigenvalue weighted by atomic mass is 10.3. The van der Waals surface area contributed by atoms with Gasteiger partial charge in [0, 0.05) is 24.3 Å². The molecule has 0 fully saturated rings. The van der Waals surface area contributed by atoms with Crippen LogP contribution in [0.2, 0.25) is 0 Å². The van der Waals surface area contributed by atoms with Crippen LogP contribution in [-0.2, 0) is 13.1 Å². The van der Waals surface area contributed by atoms with Gasteiger partial charge in [-0.15, -0.1) is 0 Å². The van der Waals surface area contributed by atoms with Gasteiger partial charge >= 0.3 is 0 Å². The second-order valence-electron chi connectivity index (χ2n) is 4.04. The first-order valence-electron chi connectivity index (χ1n) is 4.97. The van der Waals surface area contributed by atoms with E-state index in [-0.39, 0.29) is 0 Å². The molecule has 0 atom stereocenters. The molecular weight excluding hydrogens is 174 g/mol. The van der Waals surface area contributed by atoms with E-state index in [4.69, 9.17) is 0 Å². The normalized spacial score (nSPS) is 10.9. The number of hydrogen-bond donors (Lipinski definition) is 1. The summed E-state index contributed by atoms with van der Waals surface area (Å²) in [6.07, 6.45) is 3.96. The highest BCUT2D eigenvalue weighted by Crippen LogP contribution is 2.00. The molecule has 0 aliphatic carbocycles. The van der Waals surface area contributed by atoms with Crippen LogP contribution in [0.1, 0.15) is 26.3 Å². The minimum absolute atomic E-state index is 0.513. The van der Waals surface area contributed by atoms with Gasteiger partial charge in [0.1, 0.15) is 0 Å². The van der Waals surface area contributed by atoms with Crippen LogP contribution < -0.4 is 5.32 Å². The molecule has 0 bridgehead atoms. The second kappa shape index (κ2) is 4.96. The average Bonchev–Trinajstić information content (AvgIpc) is 2.47. The third-order valence-corrected chi connectivity index (χ3v) is 1.83. The maximum absolute atomic E-state index is 4.25. The first-order valence-corrected chi connectivity index (χ1v) is 4.97. The summed E-state index contributed by atoms with van der Waals surface area (Å²) in [6, 6.07) is 0.513. The van der Waals surface area contributed by atoms with E-state index < -0.39 is 0 Å². The average molecular weight is 193 g/mol. The van der Waals surface area contributed by atoms with Crippen molar-refractivity contribution in [1.82, 2.24) is 15.1 Å². The summed E-state index contributed by atoms with van der Waals surface area (Å²) >= 11 is 0. The van der Waals surface area contributed by atoms with Crippen molar-refractivity contribution in [3.63, 3.8) is 0 Å². The van der Waals surface area contributed by atoms with Crippen LogP contribution in [0.4, 0.5) is 0 Å². The molecule has 0 amide bonds. The van der Waals surface area contributed by atoms with Gasteiger partial charge in [-0.3, -0.25) is 4.68 Å². The molecular formula is C11H19N3. The number of allylic oxidation sites excluding steroid dienone is 1. The van der Waals surface area contributed by atoms with Crippen LogP contribution in [-0.4, -0.2) is 15.8 Å². The summed E-state index contributed by atoms with van der Waals surface area (Å²) in [4.78, 5) is 0. The van der Waals surface area contributed by atoms with E-state index in [2.05, 4.69) is 37.0 Å². The van der Waals surface area contributed by atoms with E-state index in [1.807, 2.05) is 17.8 Å². The topological polar surface area (TPSA) is 29.9 Å². The van der Waals surface area contributed by atoms with Gasteiger partial charge in [-0.1, -0.05) is 26.0 Å². The SMILES string of the molecule is C=C(C)Cn1cc(CNC(C)C)cn1. The molecule has 3 heteroatoms. The summed E-state index contributed by atoms with van der Waals surface area (Å²) in [6.45, 7) is 11.8. The van der Waals surface area contributed by atoms with Gasteiger partial charge in [-0.25, -0.2) is 0 Å². The molecule has 0 aliphatic rings. The molecule has 0 saturated heterocycles. The number of hydrogen-bond acceptors (Lipinski definition) is 2. The largest absolute Gasteiger partial charge is 0.310 e. The van der Waals surface area contributed by atoms with E-state index in [1.54, 1.807) is 0 Å². The minimum Gasteiger partial charge on any atom is -0.310 e. The molecule has 0 spiro atoms. The predicted molar refractivity (Wildman–Crippen MR) is 59.0 cm³/mol. The van der Waals surface area contributed by atoms with E-state index in [1.165, 1.54) is 5.56 Å². The molecule has 14 heavy (non-hydrogen) atoms. The summed E-state index contributed by atoms with van der Waals surface area (Å²) in [5.74, 6) is 0. The first-order chi connectivity index (χ1) is 6.58. The van der Waals surface area contributed by atoms with Crippen molar-refractivity contribution in [2.24, 2.45) is 0 Å². The molecule has 1 aromatic heterocycles. The lowest BCUT2D eigenvalue weighted by molar-refractivity contribution is 0.588. The fourth-order valence-corrected chi connectivity index (χ4v) is 1.18. The van der Waals surface area contributed by atoms with Crippen LogP contribution in [0.5, 0.6) is 0 Å². The lowest BCUT2D eigenvalue weighted by Gasteiger charge is -2.05. The van der Waals surface area contributed by atoms with E-state index in [0.717, 1.165) is 18.7 Å². The van der Waals surface area contributed by atoms with Gasteiger partial charge in [-0.2, -0.15) is 5.10 Å². The third kappa shape index (κ3) is 3.75. The van der Waals surface area contributed by atoms with Crippen molar-refractivity contribution in [3.8, 4) is 0 Å². The van der Waals surface area contributed by atoms with Gasteiger partial charge in [0.15, 0.2) is 0 Å². The molecule has 0 saturated carbocycles. The van der Waals surface area contributed by atoms with Crippen LogP contribution in [0.15, 0.2) is 24.5 Å². The van der Waals surface area contributed by atoms with Gasteiger partial charge in [0.25, 0.3) is 0 Å². The zero-order valence-electron chi connectivity index (χ0n) is 9.25. The monoisotopic (exact) mass is 193 g/mol. The van der Waals surface area contributed by atoms with E-state index in [0.29, 0.717) is 6.04 Å². The smallest absolute Gasteiger partial charge is 0.0614 e. The Morgan fingerprint density at radius 1 is 1.64 bits per heavy atom. The Labute approximate surface area is 85.8 Å². The molecule has 78 valence electrons. The molecule has 0 aliphatic heterocycles. The maximum atomic E-state index is 4.25. The highest BCUT2D eigenvalue weighted by molar-refractivity contribution is 5.04. The number of aromatic nitrogens is 2. The van der Waals surface area contributed by atoms with Crippen molar-refractivity contribution in [2.45, 2.75) is 39.9 Å². The molecule has 0 radical (unpaired) electrons. The Balaban J connectivity index is 2.46. The van der Waals surface area contributed by atoms with E-state index in [9.17, 15) is 0 Å². The Morgan fingerprint density at radius 2 is 2.36 bits per heavy atom. The number of nitrogens with one attached hydrogen (secondary N) is 1. The molecule has 1 N–H and O–H groups in total. The zero-order chi connectivity index (χ0) is 10.6. The van der Waals surface area contributed by atoms with Gasteiger partial charge in [0.05, 0.1) is 12.7 Å². The molecule has 1 rings (SSSR count). The maximum Gasteiger partial charge on any atom is 0.0614 e. The van der Waals surface area contributed by atoms with Crippen LogP contribution in [0, 0.1) is 0 Å². The van der Waals surface area contributed by atoms with Gasteiger partial charge in [0.2, 0.25) is 0 Å². The van der Waals surface area contributed by atoms with Crippen LogP contribution in [0.3, 0.4) is 0 Å². The third-order valence-electron chi connectivity index (χ3n) is 1.83. The molecule has 3 nitrogen and oxygen atoms in total. The van der Waals surface area contributed by atoms with Crippen molar-refractivity contribution >= 4 is 0 Å².